The number of nitrogens with zero attached hydrogens (tertiary/aromatic N) is 3. The molecule has 0 radical (unpaired) electrons. The number of hydrogen-bond acceptors (Lipinski definition) is 7. The molecule has 1 aliphatic rings. The summed E-state index contributed by atoms with van der Waals surface area (Å²) in [7, 11) is 3.81. The zero-order valence-electron chi connectivity index (χ0n) is 12.2. The fraction of sp³-hybridized carbons (Fsp3) is 0.615. The van der Waals surface area contributed by atoms with E-state index in [9.17, 15) is 4.79 Å². The van der Waals surface area contributed by atoms with Crippen molar-refractivity contribution in [1.82, 2.24) is 15.3 Å². The van der Waals surface area contributed by atoms with Crippen LogP contribution in [0.5, 0.6) is 0 Å². The van der Waals surface area contributed by atoms with Gasteiger partial charge in [-0.25, -0.2) is 9.97 Å². The maximum atomic E-state index is 11.4. The van der Waals surface area contributed by atoms with Gasteiger partial charge in [0.1, 0.15) is 24.6 Å². The summed E-state index contributed by atoms with van der Waals surface area (Å²) in [6.07, 6.45) is 2.18. The average molecular weight is 295 g/mol. The van der Waals surface area contributed by atoms with Crippen molar-refractivity contribution in [2.75, 3.05) is 44.1 Å². The normalized spacial score (nSPS) is 21.7. The van der Waals surface area contributed by atoms with Gasteiger partial charge in [-0.05, 0) is 6.42 Å². The minimum atomic E-state index is -0.512. The molecule has 0 saturated carbocycles. The number of aliphatic hydroxyl groups is 1. The number of carbonyl (C=O) groups excluding carboxylic acids is 1. The quantitative estimate of drug-likeness (QED) is 0.655. The molecular weight excluding hydrogens is 274 g/mol. The van der Waals surface area contributed by atoms with Gasteiger partial charge >= 0.3 is 0 Å². The van der Waals surface area contributed by atoms with Gasteiger partial charge in [0.2, 0.25) is 5.91 Å². The highest BCUT2D eigenvalue weighted by Gasteiger charge is 2.27. The molecule has 0 bridgehead atoms. The molecule has 0 unspecified atom stereocenters. The molecule has 1 amide bonds. The molecule has 1 fully saturated rings. The highest BCUT2D eigenvalue weighted by Crippen LogP contribution is 2.16. The molecule has 8 nitrogen and oxygen atoms in total. The van der Waals surface area contributed by atoms with E-state index in [2.05, 4.69) is 20.6 Å². The predicted molar refractivity (Wildman–Crippen MR) is 78.2 cm³/mol. The lowest BCUT2D eigenvalue weighted by molar-refractivity contribution is -0.125. The first kappa shape index (κ1) is 15.5. The minimum Gasteiger partial charge on any atom is -0.387 e. The third-order valence-electron chi connectivity index (χ3n) is 3.29. The number of rotatable bonds is 5. The van der Waals surface area contributed by atoms with Crippen molar-refractivity contribution >= 4 is 17.5 Å². The Morgan fingerprint density at radius 1 is 1.48 bits per heavy atom. The average Bonchev–Trinajstić information content (AvgIpc) is 2.49. The number of anilines is 2. The summed E-state index contributed by atoms with van der Waals surface area (Å²) in [5, 5.41) is 14.9. The molecule has 0 aliphatic carbocycles. The van der Waals surface area contributed by atoms with Gasteiger partial charge < -0.3 is 25.4 Å². The van der Waals surface area contributed by atoms with Crippen LogP contribution in [-0.2, 0) is 9.53 Å². The molecule has 1 saturated heterocycles. The van der Waals surface area contributed by atoms with Gasteiger partial charge in [0, 0.05) is 26.8 Å². The van der Waals surface area contributed by atoms with E-state index in [0.29, 0.717) is 25.5 Å². The second-order valence-electron chi connectivity index (χ2n) is 5.10. The van der Waals surface area contributed by atoms with Crippen LogP contribution in [0.25, 0.3) is 0 Å². The summed E-state index contributed by atoms with van der Waals surface area (Å²) in [4.78, 5) is 21.6. The largest absolute Gasteiger partial charge is 0.387 e. The van der Waals surface area contributed by atoms with Crippen LogP contribution in [0.15, 0.2) is 12.4 Å². The Kier molecular flexibility index (Phi) is 5.29. The number of aliphatic hydroxyl groups excluding tert-OH is 1. The monoisotopic (exact) mass is 295 g/mol. The molecule has 2 rings (SSSR count). The first-order valence-electron chi connectivity index (χ1n) is 6.84. The van der Waals surface area contributed by atoms with Crippen LogP contribution in [0, 0.1) is 0 Å². The third kappa shape index (κ3) is 4.27. The highest BCUT2D eigenvalue weighted by molar-refractivity contribution is 5.77. The number of amides is 1. The maximum absolute atomic E-state index is 11.4. The molecule has 8 heteroatoms. The summed E-state index contributed by atoms with van der Waals surface area (Å²) < 4.78 is 5.45. The van der Waals surface area contributed by atoms with Gasteiger partial charge in [-0.1, -0.05) is 0 Å². The van der Waals surface area contributed by atoms with Crippen LogP contribution in [0.4, 0.5) is 11.6 Å². The predicted octanol–water partition coefficient (Wildman–Crippen LogP) is -0.779. The lowest BCUT2D eigenvalue weighted by Crippen LogP contribution is -2.52. The number of ether oxygens (including phenoxy) is 1. The summed E-state index contributed by atoms with van der Waals surface area (Å²) in [6, 6.07) is 1.63. The minimum absolute atomic E-state index is 0.0980. The fourth-order valence-corrected chi connectivity index (χ4v) is 2.17. The highest BCUT2D eigenvalue weighted by atomic mass is 16.5. The van der Waals surface area contributed by atoms with Crippen LogP contribution in [-0.4, -0.2) is 67.0 Å². The molecule has 1 aromatic heterocycles. The van der Waals surface area contributed by atoms with Gasteiger partial charge in [0.15, 0.2) is 0 Å². The fourth-order valence-electron chi connectivity index (χ4n) is 2.17. The topological polar surface area (TPSA) is 99.6 Å². The van der Waals surface area contributed by atoms with Crippen LogP contribution in [0.1, 0.15) is 6.42 Å². The van der Waals surface area contributed by atoms with Gasteiger partial charge in [-0.2, -0.15) is 0 Å². The van der Waals surface area contributed by atoms with Crippen molar-refractivity contribution in [3.05, 3.63) is 12.4 Å². The Morgan fingerprint density at radius 3 is 3.00 bits per heavy atom. The number of aromatic nitrogens is 2. The van der Waals surface area contributed by atoms with Crippen LogP contribution < -0.4 is 15.5 Å². The molecule has 0 spiro atoms. The lowest BCUT2D eigenvalue weighted by Gasteiger charge is -2.33. The standard InChI is InChI=1S/C13H21N5O3/c1-18(2)12-5-11(14-8-15-12)16-10-7-21-4-3-9(10)17-13(20)6-19/h5,8-10,19H,3-4,6-7H2,1-2H3,(H,17,20)(H,14,15,16)/t9-,10+/m0/s1. The van der Waals surface area contributed by atoms with Crippen molar-refractivity contribution in [1.29, 1.82) is 0 Å². The van der Waals surface area contributed by atoms with Crippen molar-refractivity contribution in [3.63, 3.8) is 0 Å². The molecule has 2 heterocycles. The SMILES string of the molecule is CN(C)c1cc(N[C@@H]2COCC[C@@H]2NC(=O)CO)ncn1. The van der Waals surface area contributed by atoms with E-state index in [0.717, 1.165) is 5.82 Å². The van der Waals surface area contributed by atoms with E-state index >= 15 is 0 Å². The van der Waals surface area contributed by atoms with Gasteiger partial charge in [-0.15, -0.1) is 0 Å². The van der Waals surface area contributed by atoms with Crippen molar-refractivity contribution in [3.8, 4) is 0 Å². The van der Waals surface area contributed by atoms with E-state index in [4.69, 9.17) is 9.84 Å². The molecular formula is C13H21N5O3. The van der Waals surface area contributed by atoms with Crippen LogP contribution in [0.2, 0.25) is 0 Å². The van der Waals surface area contributed by atoms with Crippen LogP contribution in [0.3, 0.4) is 0 Å². The zero-order chi connectivity index (χ0) is 15.2. The lowest BCUT2D eigenvalue weighted by atomic mass is 10.0. The molecule has 3 N–H and O–H groups in total. The summed E-state index contributed by atoms with van der Waals surface area (Å²) in [5.74, 6) is 1.08. The second-order valence-corrected chi connectivity index (χ2v) is 5.10. The number of nitrogens with one attached hydrogen (secondary N) is 2. The molecule has 0 aromatic carbocycles. The van der Waals surface area contributed by atoms with E-state index in [-0.39, 0.29) is 18.0 Å². The maximum Gasteiger partial charge on any atom is 0.245 e. The summed E-state index contributed by atoms with van der Waals surface area (Å²) >= 11 is 0. The number of hydrogen-bond donors (Lipinski definition) is 3. The van der Waals surface area contributed by atoms with Gasteiger partial charge in [-0.3, -0.25) is 4.79 Å². The Balaban J connectivity index is 2.04. The molecule has 2 atom stereocenters. The molecule has 21 heavy (non-hydrogen) atoms. The Hall–Kier alpha value is -1.93. The molecule has 1 aliphatic heterocycles. The Morgan fingerprint density at radius 2 is 2.29 bits per heavy atom. The molecule has 1 aromatic rings. The van der Waals surface area contributed by atoms with E-state index in [1.807, 2.05) is 25.1 Å². The Bertz CT molecular complexity index is 483. The van der Waals surface area contributed by atoms with Crippen LogP contribution >= 0.6 is 0 Å². The van der Waals surface area contributed by atoms with Crippen molar-refractivity contribution in [2.24, 2.45) is 0 Å². The second kappa shape index (κ2) is 7.19. The summed E-state index contributed by atoms with van der Waals surface area (Å²) in [6.45, 7) is 0.543. The smallest absolute Gasteiger partial charge is 0.245 e. The third-order valence-corrected chi connectivity index (χ3v) is 3.29. The first-order chi connectivity index (χ1) is 10.1. The van der Waals surface area contributed by atoms with Gasteiger partial charge in [0.25, 0.3) is 0 Å². The first-order valence-corrected chi connectivity index (χ1v) is 6.84. The number of carbonyl (C=O) groups is 1. The van der Waals surface area contributed by atoms with Crippen molar-refractivity contribution in [2.45, 2.75) is 18.5 Å². The Labute approximate surface area is 123 Å². The van der Waals surface area contributed by atoms with E-state index in [1.165, 1.54) is 6.33 Å². The van der Waals surface area contributed by atoms with E-state index < -0.39 is 6.61 Å². The summed E-state index contributed by atoms with van der Waals surface area (Å²) in [5.41, 5.74) is 0. The van der Waals surface area contributed by atoms with Gasteiger partial charge in [0.05, 0.1) is 18.7 Å². The zero-order valence-corrected chi connectivity index (χ0v) is 12.2. The van der Waals surface area contributed by atoms with E-state index in [1.54, 1.807) is 0 Å². The van der Waals surface area contributed by atoms with Crippen molar-refractivity contribution < 1.29 is 14.6 Å². The molecule has 116 valence electrons.